The summed E-state index contributed by atoms with van der Waals surface area (Å²) in [6.45, 7) is 0. The van der Waals surface area contributed by atoms with Crippen LogP contribution in [0.1, 0.15) is 0 Å². The molecule has 0 saturated heterocycles. The molecular formula is C113H73N7. The van der Waals surface area contributed by atoms with Crippen molar-refractivity contribution in [1.82, 2.24) is 33.2 Å². The molecule has 7 heteroatoms. The third-order valence-electron chi connectivity index (χ3n) is 24.0. The van der Waals surface area contributed by atoms with Gasteiger partial charge in [-0.2, -0.15) is 0 Å². The summed E-state index contributed by atoms with van der Waals surface area (Å²) in [5.41, 5.74) is 30.0. The van der Waals surface area contributed by atoms with Crippen LogP contribution in [0.2, 0.25) is 0 Å². The highest BCUT2D eigenvalue weighted by atomic mass is 15.0. The maximum absolute atomic E-state index is 5.42. The number of benzene rings is 18. The van der Waals surface area contributed by atoms with E-state index in [2.05, 4.69) is 455 Å². The largest absolute Gasteiger partial charge is 0.309 e. The van der Waals surface area contributed by atoms with E-state index in [4.69, 9.17) is 15.0 Å². The van der Waals surface area contributed by atoms with Crippen LogP contribution in [0.5, 0.6) is 0 Å². The smallest absolute Gasteiger partial charge is 0.160 e. The molecule has 560 valence electrons. The van der Waals surface area contributed by atoms with Gasteiger partial charge in [-0.05, 0) is 176 Å². The number of hydrogen-bond acceptors (Lipinski definition) is 3. The predicted molar refractivity (Wildman–Crippen MR) is 502 cm³/mol. The molecule has 0 bridgehead atoms. The fourth-order valence-electron chi connectivity index (χ4n) is 18.6. The molecular weight excluding hydrogens is 1460 g/mol. The third-order valence-corrected chi connectivity index (χ3v) is 24.0. The van der Waals surface area contributed by atoms with Gasteiger partial charge in [0.2, 0.25) is 0 Å². The number of fused-ring (bicyclic) bond motifs is 16. The van der Waals surface area contributed by atoms with Crippen molar-refractivity contribution >= 4 is 109 Å². The number of nitrogens with zero attached hydrogens (tertiary/aromatic N) is 7. The first-order chi connectivity index (χ1) is 59.5. The Labute approximate surface area is 692 Å². The molecule has 0 unspecified atom stereocenters. The summed E-state index contributed by atoms with van der Waals surface area (Å²) in [4.78, 5) is 15.7. The number of para-hydroxylation sites is 6. The zero-order chi connectivity index (χ0) is 79.1. The molecule has 0 amide bonds. The van der Waals surface area contributed by atoms with Crippen LogP contribution in [0, 0.1) is 0 Å². The standard InChI is InChI=1S/C57H37N3.C56H36N4/c1-3-16-38(17-4-1)41-36-50(58-51(37-41)47-27-15-19-39-18-7-8-22-44(39)47)46-24-10-9-23-45(46)40-30-32-43(33-31-40)60-53-29-14-12-26-49(53)57-55(60)35-34-54-56(57)48-25-11-13-28-52(48)59(54)42-20-5-2-6-21-42;1-3-15-39(16-4-1)48-36-49(43-31-28-37-14-7-8-17-41(37)34-43)58-56(57-48)40-29-26-38(27-30-40)42-18-13-21-45(35-42)60-51-25-12-10-23-47(51)55-53(60)33-32-52-54(55)46-22-9-11-24-50(46)59(52)44-19-5-2-6-20-44/h1-37H;1-36H. The number of rotatable bonds is 12. The highest BCUT2D eigenvalue weighted by Crippen LogP contribution is 2.47. The lowest BCUT2D eigenvalue weighted by molar-refractivity contribution is 1.17. The zero-order valence-corrected chi connectivity index (χ0v) is 65.3. The fourth-order valence-corrected chi connectivity index (χ4v) is 18.6. The molecule has 24 aromatic rings. The van der Waals surface area contributed by atoms with E-state index < -0.39 is 0 Å². The van der Waals surface area contributed by atoms with Crippen molar-refractivity contribution in [3.63, 3.8) is 0 Å². The van der Waals surface area contributed by atoms with Crippen molar-refractivity contribution in [2.24, 2.45) is 0 Å². The summed E-state index contributed by atoms with van der Waals surface area (Å²) in [7, 11) is 0. The SMILES string of the molecule is c1ccc(-c2cc(-c3ccc4ccccc4c3)nc(-c3ccc(-c4cccc(-n5c6ccccc6c6c7c8ccccc8n(-c8ccccc8)c7ccc65)c4)cc3)n2)cc1.c1ccc(-c2cc(-c3ccccc3-c3ccc(-n4c5ccccc5c5c6c7ccccc7n(-c7ccccc7)c6ccc54)cc3)nc(-c3cccc4ccccc34)c2)cc1. The van der Waals surface area contributed by atoms with Gasteiger partial charge < -0.3 is 18.3 Å². The first-order valence-corrected chi connectivity index (χ1v) is 41.0. The van der Waals surface area contributed by atoms with E-state index in [0.717, 1.165) is 107 Å². The second kappa shape index (κ2) is 29.0. The van der Waals surface area contributed by atoms with Crippen LogP contribution < -0.4 is 0 Å². The molecule has 0 aliphatic rings. The van der Waals surface area contributed by atoms with Gasteiger partial charge in [-0.15, -0.1) is 0 Å². The molecule has 7 nitrogen and oxygen atoms in total. The second-order valence-electron chi connectivity index (χ2n) is 30.9. The van der Waals surface area contributed by atoms with Crippen molar-refractivity contribution in [1.29, 1.82) is 0 Å². The third kappa shape index (κ3) is 11.9. The minimum Gasteiger partial charge on any atom is -0.309 e. The van der Waals surface area contributed by atoms with Gasteiger partial charge in [0.25, 0.3) is 0 Å². The lowest BCUT2D eigenvalue weighted by atomic mass is 9.94. The van der Waals surface area contributed by atoms with Gasteiger partial charge in [0.1, 0.15) is 0 Å². The van der Waals surface area contributed by atoms with Crippen molar-refractivity contribution in [3.8, 4) is 113 Å². The Morgan fingerprint density at radius 2 is 0.508 bits per heavy atom. The summed E-state index contributed by atoms with van der Waals surface area (Å²) >= 11 is 0. The van der Waals surface area contributed by atoms with Crippen LogP contribution in [-0.2, 0) is 0 Å². The van der Waals surface area contributed by atoms with Crippen molar-refractivity contribution < 1.29 is 0 Å². The first-order valence-electron chi connectivity index (χ1n) is 41.0. The van der Waals surface area contributed by atoms with E-state index in [1.54, 1.807) is 0 Å². The Bertz CT molecular complexity index is 8110. The predicted octanol–water partition coefficient (Wildman–Crippen LogP) is 29.6. The summed E-state index contributed by atoms with van der Waals surface area (Å²) in [5, 5.41) is 14.9. The average Bonchev–Trinajstić information content (AvgIpc) is 1.55. The van der Waals surface area contributed by atoms with Crippen molar-refractivity contribution in [2.45, 2.75) is 0 Å². The second-order valence-corrected chi connectivity index (χ2v) is 30.9. The summed E-state index contributed by atoms with van der Waals surface area (Å²) < 4.78 is 9.65. The lowest BCUT2D eigenvalue weighted by Gasteiger charge is -2.15. The van der Waals surface area contributed by atoms with Crippen LogP contribution in [0.25, 0.3) is 221 Å². The highest BCUT2D eigenvalue weighted by Gasteiger charge is 2.25. The van der Waals surface area contributed by atoms with E-state index in [1.165, 1.54) is 109 Å². The topological polar surface area (TPSA) is 58.4 Å². The van der Waals surface area contributed by atoms with Gasteiger partial charge in [-0.3, -0.25) is 0 Å². The fraction of sp³-hybridized carbons (Fsp3) is 0. The lowest BCUT2D eigenvalue weighted by Crippen LogP contribution is -1.96. The molecule has 0 atom stereocenters. The molecule has 0 radical (unpaired) electrons. The van der Waals surface area contributed by atoms with E-state index in [9.17, 15) is 0 Å². The van der Waals surface area contributed by atoms with Gasteiger partial charge in [0, 0.05) is 93.7 Å². The van der Waals surface area contributed by atoms with Crippen LogP contribution in [0.4, 0.5) is 0 Å². The molecule has 24 rings (SSSR count). The molecule has 6 heterocycles. The minimum atomic E-state index is 0.699. The van der Waals surface area contributed by atoms with E-state index >= 15 is 0 Å². The van der Waals surface area contributed by atoms with E-state index in [1.807, 2.05) is 6.07 Å². The summed E-state index contributed by atoms with van der Waals surface area (Å²) in [6.07, 6.45) is 0. The molecule has 120 heavy (non-hydrogen) atoms. The Kier molecular flexibility index (Phi) is 16.8. The minimum absolute atomic E-state index is 0.699. The van der Waals surface area contributed by atoms with Gasteiger partial charge in [0.15, 0.2) is 5.82 Å². The van der Waals surface area contributed by atoms with Gasteiger partial charge in [-0.25, -0.2) is 15.0 Å². The maximum atomic E-state index is 5.42. The molecule has 18 aromatic carbocycles. The monoisotopic (exact) mass is 1530 g/mol. The Morgan fingerprint density at radius 3 is 1.06 bits per heavy atom. The Morgan fingerprint density at radius 1 is 0.150 bits per heavy atom. The van der Waals surface area contributed by atoms with E-state index in [0.29, 0.717) is 5.82 Å². The number of aromatic nitrogens is 7. The van der Waals surface area contributed by atoms with Crippen molar-refractivity contribution in [2.75, 3.05) is 0 Å². The van der Waals surface area contributed by atoms with Gasteiger partial charge >= 0.3 is 0 Å². The molecule has 0 N–H and O–H groups in total. The molecule has 0 fully saturated rings. The molecule has 0 aliphatic heterocycles. The molecule has 0 aliphatic carbocycles. The maximum Gasteiger partial charge on any atom is 0.160 e. The molecule has 6 aromatic heterocycles. The summed E-state index contributed by atoms with van der Waals surface area (Å²) in [6, 6.07) is 159. The van der Waals surface area contributed by atoms with Gasteiger partial charge in [0.05, 0.1) is 66.9 Å². The van der Waals surface area contributed by atoms with Crippen LogP contribution in [0.3, 0.4) is 0 Å². The van der Waals surface area contributed by atoms with Gasteiger partial charge in [-0.1, -0.05) is 322 Å². The van der Waals surface area contributed by atoms with Crippen LogP contribution >= 0.6 is 0 Å². The first kappa shape index (κ1) is 69.4. The normalized spacial score (nSPS) is 11.7. The van der Waals surface area contributed by atoms with Crippen molar-refractivity contribution in [3.05, 3.63) is 443 Å². The molecule has 0 spiro atoms. The highest BCUT2D eigenvalue weighted by molar-refractivity contribution is 6.30. The quantitative estimate of drug-likeness (QED) is 0.122. The van der Waals surface area contributed by atoms with E-state index in [-0.39, 0.29) is 0 Å². The van der Waals surface area contributed by atoms with Crippen LogP contribution in [-0.4, -0.2) is 33.2 Å². The number of hydrogen-bond donors (Lipinski definition) is 0. The van der Waals surface area contributed by atoms with Crippen LogP contribution in [0.15, 0.2) is 443 Å². The number of pyridine rings is 1. The Hall–Kier alpha value is -16.1. The zero-order valence-electron chi connectivity index (χ0n) is 65.3. The molecule has 0 saturated carbocycles. The average molecular weight is 1530 g/mol. The summed E-state index contributed by atoms with van der Waals surface area (Å²) in [5.74, 6) is 0.699. The Balaban J connectivity index is 0.000000140.